The number of rotatable bonds is 8. The first-order valence-electron chi connectivity index (χ1n) is 8.95. The summed E-state index contributed by atoms with van der Waals surface area (Å²) < 4.78 is 5.82. The smallest absolute Gasteiger partial charge is 0.260 e. The molecule has 0 aliphatic carbocycles. The van der Waals surface area contributed by atoms with Gasteiger partial charge in [-0.05, 0) is 48.7 Å². The second-order valence-electron chi connectivity index (χ2n) is 6.51. The summed E-state index contributed by atoms with van der Waals surface area (Å²) in [6, 6.07) is 14.3. The molecule has 0 aliphatic rings. The van der Waals surface area contributed by atoms with E-state index in [1.54, 1.807) is 31.2 Å². The summed E-state index contributed by atoms with van der Waals surface area (Å²) in [7, 11) is 0. The molecule has 1 atom stereocenters. The average molecular weight is 389 g/mol. The second kappa shape index (κ2) is 9.97. The third kappa shape index (κ3) is 6.29. The van der Waals surface area contributed by atoms with Gasteiger partial charge in [0.2, 0.25) is 0 Å². The molecule has 6 heteroatoms. The molecule has 2 amide bonds. The first kappa shape index (κ1) is 20.8. The van der Waals surface area contributed by atoms with E-state index >= 15 is 0 Å². The maximum absolute atomic E-state index is 12.2. The van der Waals surface area contributed by atoms with Crippen LogP contribution in [0.3, 0.4) is 0 Å². The van der Waals surface area contributed by atoms with Crippen molar-refractivity contribution >= 4 is 23.4 Å². The molecule has 27 heavy (non-hydrogen) atoms. The molecule has 144 valence electrons. The lowest BCUT2D eigenvalue weighted by molar-refractivity contribution is -0.127. The molecule has 2 aromatic carbocycles. The van der Waals surface area contributed by atoms with Gasteiger partial charge in [0, 0.05) is 23.7 Å². The van der Waals surface area contributed by atoms with E-state index in [4.69, 9.17) is 16.3 Å². The third-order valence-electron chi connectivity index (χ3n) is 4.03. The minimum absolute atomic E-state index is 0.212. The Hall–Kier alpha value is -2.53. The predicted molar refractivity (Wildman–Crippen MR) is 107 cm³/mol. The molecule has 0 saturated carbocycles. The Bertz CT molecular complexity index is 775. The summed E-state index contributed by atoms with van der Waals surface area (Å²) in [6.45, 7) is 6.51. The van der Waals surface area contributed by atoms with Gasteiger partial charge in [-0.25, -0.2) is 0 Å². The predicted octanol–water partition coefficient (Wildman–Crippen LogP) is 3.78. The first-order chi connectivity index (χ1) is 12.9. The van der Waals surface area contributed by atoms with Crippen LogP contribution in [0.2, 0.25) is 5.02 Å². The van der Waals surface area contributed by atoms with Gasteiger partial charge in [-0.1, -0.05) is 43.6 Å². The van der Waals surface area contributed by atoms with Crippen LogP contribution in [-0.2, 0) is 4.79 Å². The van der Waals surface area contributed by atoms with Crippen molar-refractivity contribution in [2.45, 2.75) is 32.8 Å². The highest BCUT2D eigenvalue weighted by Gasteiger charge is 2.16. The van der Waals surface area contributed by atoms with Gasteiger partial charge in [0.05, 0.1) is 0 Å². The molecule has 0 aliphatic heterocycles. The van der Waals surface area contributed by atoms with Crippen LogP contribution in [0.25, 0.3) is 0 Å². The van der Waals surface area contributed by atoms with E-state index in [9.17, 15) is 9.59 Å². The van der Waals surface area contributed by atoms with Crippen molar-refractivity contribution in [1.29, 1.82) is 0 Å². The van der Waals surface area contributed by atoms with E-state index in [0.29, 0.717) is 35.3 Å². The Labute approximate surface area is 165 Å². The van der Waals surface area contributed by atoms with Gasteiger partial charge in [0.25, 0.3) is 11.8 Å². The van der Waals surface area contributed by atoms with E-state index in [1.165, 1.54) is 0 Å². The Morgan fingerprint density at radius 2 is 1.59 bits per heavy atom. The van der Waals surface area contributed by atoms with Crippen molar-refractivity contribution < 1.29 is 14.3 Å². The lowest BCUT2D eigenvalue weighted by Gasteiger charge is -2.18. The molecule has 0 bridgehead atoms. The molecule has 0 radical (unpaired) electrons. The van der Waals surface area contributed by atoms with Crippen LogP contribution in [0.5, 0.6) is 5.75 Å². The molecular weight excluding hydrogens is 364 g/mol. The fourth-order valence-corrected chi connectivity index (χ4v) is 2.64. The number of carbonyl (C=O) groups excluding carboxylic acids is 2. The highest BCUT2D eigenvalue weighted by Crippen LogP contribution is 2.26. The van der Waals surface area contributed by atoms with Gasteiger partial charge >= 0.3 is 0 Å². The molecular formula is C21H25ClN2O3. The van der Waals surface area contributed by atoms with Gasteiger partial charge in [0.1, 0.15) is 5.75 Å². The molecule has 2 N–H and O–H groups in total. The van der Waals surface area contributed by atoms with Crippen molar-refractivity contribution in [1.82, 2.24) is 10.6 Å². The molecule has 5 nitrogen and oxygen atoms in total. The van der Waals surface area contributed by atoms with Crippen molar-refractivity contribution in [3.05, 3.63) is 64.7 Å². The van der Waals surface area contributed by atoms with Gasteiger partial charge < -0.3 is 15.4 Å². The average Bonchev–Trinajstić information content (AvgIpc) is 2.65. The van der Waals surface area contributed by atoms with E-state index in [0.717, 1.165) is 5.56 Å². The third-order valence-corrected chi connectivity index (χ3v) is 4.28. The van der Waals surface area contributed by atoms with Crippen molar-refractivity contribution in [3.8, 4) is 5.75 Å². The Kier molecular flexibility index (Phi) is 7.67. The van der Waals surface area contributed by atoms with E-state index < -0.39 is 6.10 Å². The van der Waals surface area contributed by atoms with Crippen molar-refractivity contribution in [2.24, 2.45) is 0 Å². The lowest BCUT2D eigenvalue weighted by Crippen LogP contribution is -2.40. The van der Waals surface area contributed by atoms with E-state index in [-0.39, 0.29) is 11.8 Å². The topological polar surface area (TPSA) is 67.4 Å². The van der Waals surface area contributed by atoms with Crippen LogP contribution in [0.4, 0.5) is 0 Å². The Morgan fingerprint density at radius 3 is 2.26 bits per heavy atom. The minimum atomic E-state index is -0.628. The summed E-state index contributed by atoms with van der Waals surface area (Å²) in [5.41, 5.74) is 1.58. The quantitative estimate of drug-likeness (QED) is 0.676. The zero-order valence-corrected chi connectivity index (χ0v) is 16.5. The summed E-state index contributed by atoms with van der Waals surface area (Å²) in [6.07, 6.45) is -0.628. The standard InChI is InChI=1S/C21H25ClN2O3/c1-14(2)18-6-4-5-7-19(18)27-15(3)20(25)23-12-13-24-21(26)16-8-10-17(22)11-9-16/h4-11,14-15H,12-13H2,1-3H3,(H,23,25)(H,24,26). The number of benzene rings is 2. The van der Waals surface area contributed by atoms with Crippen LogP contribution in [-0.4, -0.2) is 31.0 Å². The van der Waals surface area contributed by atoms with E-state index in [2.05, 4.69) is 24.5 Å². The molecule has 1 unspecified atom stereocenters. The van der Waals surface area contributed by atoms with E-state index in [1.807, 2.05) is 24.3 Å². The van der Waals surface area contributed by atoms with Gasteiger partial charge in [-0.2, -0.15) is 0 Å². The molecule has 2 rings (SSSR count). The lowest BCUT2D eigenvalue weighted by atomic mass is 10.0. The Morgan fingerprint density at radius 1 is 0.963 bits per heavy atom. The number of hydrogen-bond donors (Lipinski definition) is 2. The van der Waals surface area contributed by atoms with Crippen LogP contribution in [0.1, 0.15) is 42.6 Å². The second-order valence-corrected chi connectivity index (χ2v) is 6.94. The largest absolute Gasteiger partial charge is 0.481 e. The van der Waals surface area contributed by atoms with Gasteiger partial charge in [-0.3, -0.25) is 9.59 Å². The van der Waals surface area contributed by atoms with Crippen LogP contribution >= 0.6 is 11.6 Å². The summed E-state index contributed by atoms with van der Waals surface area (Å²) in [5.74, 6) is 0.580. The number of hydrogen-bond acceptors (Lipinski definition) is 3. The Balaban J connectivity index is 1.77. The highest BCUT2D eigenvalue weighted by atomic mass is 35.5. The van der Waals surface area contributed by atoms with Crippen molar-refractivity contribution in [3.63, 3.8) is 0 Å². The number of carbonyl (C=O) groups is 2. The molecule has 0 spiro atoms. The molecule has 0 fully saturated rings. The number of ether oxygens (including phenoxy) is 1. The fourth-order valence-electron chi connectivity index (χ4n) is 2.52. The number of halogens is 1. The van der Waals surface area contributed by atoms with Crippen LogP contribution < -0.4 is 15.4 Å². The zero-order valence-electron chi connectivity index (χ0n) is 15.8. The number of para-hydroxylation sites is 1. The first-order valence-corrected chi connectivity index (χ1v) is 9.33. The summed E-state index contributed by atoms with van der Waals surface area (Å²) >= 11 is 5.80. The van der Waals surface area contributed by atoms with Crippen molar-refractivity contribution in [2.75, 3.05) is 13.1 Å². The maximum Gasteiger partial charge on any atom is 0.260 e. The normalized spacial score (nSPS) is 11.7. The zero-order chi connectivity index (χ0) is 19.8. The SMILES string of the molecule is CC(Oc1ccccc1C(C)C)C(=O)NCCNC(=O)c1ccc(Cl)cc1. The monoisotopic (exact) mass is 388 g/mol. The van der Waals surface area contributed by atoms with Gasteiger partial charge in [-0.15, -0.1) is 0 Å². The van der Waals surface area contributed by atoms with Gasteiger partial charge in [0.15, 0.2) is 6.10 Å². The molecule has 0 saturated heterocycles. The fraction of sp³-hybridized carbons (Fsp3) is 0.333. The van der Waals surface area contributed by atoms with Crippen LogP contribution in [0.15, 0.2) is 48.5 Å². The summed E-state index contributed by atoms with van der Waals surface area (Å²) in [5, 5.41) is 6.09. The van der Waals surface area contributed by atoms with Crippen LogP contribution in [0, 0.1) is 0 Å². The molecule has 0 aromatic heterocycles. The summed E-state index contributed by atoms with van der Waals surface area (Å²) in [4.78, 5) is 24.2. The highest BCUT2D eigenvalue weighted by molar-refractivity contribution is 6.30. The molecule has 0 heterocycles. The molecule has 2 aromatic rings. The maximum atomic E-state index is 12.2. The number of amides is 2. The number of nitrogens with one attached hydrogen (secondary N) is 2. The minimum Gasteiger partial charge on any atom is -0.481 e.